The molecule has 102 valence electrons. The Labute approximate surface area is 110 Å². The number of aromatic amines is 2. The Morgan fingerprint density at radius 2 is 2.05 bits per heavy atom. The minimum atomic E-state index is -0.223. The molecule has 2 rings (SSSR count). The van der Waals surface area contributed by atoms with E-state index in [0.29, 0.717) is 25.9 Å². The molecule has 6 heteroatoms. The van der Waals surface area contributed by atoms with E-state index in [1.54, 1.807) is 11.9 Å². The predicted octanol–water partition coefficient (Wildman–Crippen LogP) is 0.553. The zero-order chi connectivity index (χ0) is 13.8. The highest BCUT2D eigenvalue weighted by Gasteiger charge is 2.09. The highest BCUT2D eigenvalue weighted by molar-refractivity contribution is 5.77. The van der Waals surface area contributed by atoms with E-state index in [9.17, 15) is 9.59 Å². The van der Waals surface area contributed by atoms with Gasteiger partial charge in [0.2, 0.25) is 5.91 Å². The van der Waals surface area contributed by atoms with E-state index in [4.69, 9.17) is 5.73 Å². The molecule has 0 aliphatic rings. The van der Waals surface area contributed by atoms with Gasteiger partial charge in [-0.1, -0.05) is 6.07 Å². The third-order valence-electron chi connectivity index (χ3n) is 3.02. The summed E-state index contributed by atoms with van der Waals surface area (Å²) < 4.78 is 0. The van der Waals surface area contributed by atoms with Crippen molar-refractivity contribution in [3.8, 4) is 0 Å². The molecule has 1 amide bonds. The van der Waals surface area contributed by atoms with Gasteiger partial charge in [-0.05, 0) is 30.7 Å². The van der Waals surface area contributed by atoms with Gasteiger partial charge in [-0.2, -0.15) is 0 Å². The van der Waals surface area contributed by atoms with Crippen molar-refractivity contribution >= 4 is 16.9 Å². The Hall–Kier alpha value is -2.08. The lowest BCUT2D eigenvalue weighted by molar-refractivity contribution is -0.130. The van der Waals surface area contributed by atoms with Crippen LogP contribution in [0.25, 0.3) is 11.0 Å². The second-order valence-corrected chi connectivity index (χ2v) is 4.60. The number of rotatable bonds is 5. The van der Waals surface area contributed by atoms with Gasteiger partial charge in [-0.25, -0.2) is 4.79 Å². The number of nitrogens with one attached hydrogen (secondary N) is 2. The molecule has 1 aromatic carbocycles. The number of H-pyrrole nitrogens is 2. The maximum Gasteiger partial charge on any atom is 0.323 e. The highest BCUT2D eigenvalue weighted by atomic mass is 16.2. The second kappa shape index (κ2) is 5.71. The molecule has 19 heavy (non-hydrogen) atoms. The van der Waals surface area contributed by atoms with E-state index in [0.717, 1.165) is 16.6 Å². The number of aromatic nitrogens is 2. The first-order valence-corrected chi connectivity index (χ1v) is 6.25. The fourth-order valence-corrected chi connectivity index (χ4v) is 1.98. The standard InChI is InChI=1S/C13H18N4O2/c1-17(12(18)3-2-6-14)8-9-4-5-10-11(7-9)16-13(19)15-10/h4-5,7H,2-3,6,8,14H2,1H3,(H2,15,16,19). The first-order valence-electron chi connectivity index (χ1n) is 6.25. The van der Waals surface area contributed by atoms with Gasteiger partial charge < -0.3 is 20.6 Å². The van der Waals surface area contributed by atoms with Crippen LogP contribution in [0.15, 0.2) is 23.0 Å². The van der Waals surface area contributed by atoms with Crippen molar-refractivity contribution in [1.82, 2.24) is 14.9 Å². The van der Waals surface area contributed by atoms with Gasteiger partial charge in [0.15, 0.2) is 0 Å². The summed E-state index contributed by atoms with van der Waals surface area (Å²) in [5, 5.41) is 0. The fourth-order valence-electron chi connectivity index (χ4n) is 1.98. The highest BCUT2D eigenvalue weighted by Crippen LogP contribution is 2.12. The van der Waals surface area contributed by atoms with Gasteiger partial charge in [0.05, 0.1) is 11.0 Å². The minimum Gasteiger partial charge on any atom is -0.341 e. The SMILES string of the molecule is CN(Cc1ccc2[nH]c(=O)[nH]c2c1)C(=O)CCCN. The molecule has 0 saturated carbocycles. The number of hydrogen-bond donors (Lipinski definition) is 3. The van der Waals surface area contributed by atoms with Crippen molar-refractivity contribution in [2.75, 3.05) is 13.6 Å². The lowest BCUT2D eigenvalue weighted by Gasteiger charge is -2.17. The molecule has 0 aliphatic carbocycles. The van der Waals surface area contributed by atoms with Crippen LogP contribution in [0.4, 0.5) is 0 Å². The van der Waals surface area contributed by atoms with E-state index < -0.39 is 0 Å². The van der Waals surface area contributed by atoms with Crippen molar-refractivity contribution in [2.45, 2.75) is 19.4 Å². The van der Waals surface area contributed by atoms with Gasteiger partial charge in [0, 0.05) is 20.0 Å². The number of benzene rings is 1. The Morgan fingerprint density at radius 3 is 2.79 bits per heavy atom. The van der Waals surface area contributed by atoms with Crippen molar-refractivity contribution < 1.29 is 4.79 Å². The molecule has 0 atom stereocenters. The van der Waals surface area contributed by atoms with Gasteiger partial charge in [0.25, 0.3) is 0 Å². The minimum absolute atomic E-state index is 0.0770. The Kier molecular flexibility index (Phi) is 4.01. The van der Waals surface area contributed by atoms with Crippen LogP contribution in [-0.2, 0) is 11.3 Å². The maximum absolute atomic E-state index is 11.8. The lowest BCUT2D eigenvalue weighted by atomic mass is 10.2. The van der Waals surface area contributed by atoms with E-state index in [1.165, 1.54) is 0 Å². The Morgan fingerprint density at radius 1 is 1.32 bits per heavy atom. The molecule has 1 aromatic heterocycles. The molecule has 0 radical (unpaired) electrons. The van der Waals surface area contributed by atoms with Crippen LogP contribution in [0.5, 0.6) is 0 Å². The molecule has 0 spiro atoms. The zero-order valence-corrected chi connectivity index (χ0v) is 10.9. The van der Waals surface area contributed by atoms with Crippen LogP contribution in [-0.4, -0.2) is 34.4 Å². The molecule has 0 bridgehead atoms. The van der Waals surface area contributed by atoms with Crippen LogP contribution in [0.1, 0.15) is 18.4 Å². The quantitative estimate of drug-likeness (QED) is 0.734. The average Bonchev–Trinajstić information content (AvgIpc) is 2.75. The molecule has 0 saturated heterocycles. The van der Waals surface area contributed by atoms with Crippen LogP contribution in [0.2, 0.25) is 0 Å². The first-order chi connectivity index (χ1) is 9.10. The Balaban J connectivity index is 2.08. The molecule has 4 N–H and O–H groups in total. The second-order valence-electron chi connectivity index (χ2n) is 4.60. The van der Waals surface area contributed by atoms with Crippen LogP contribution < -0.4 is 11.4 Å². The normalized spacial score (nSPS) is 10.8. The van der Waals surface area contributed by atoms with Gasteiger partial charge >= 0.3 is 5.69 Å². The summed E-state index contributed by atoms with van der Waals surface area (Å²) >= 11 is 0. The van der Waals surface area contributed by atoms with Gasteiger partial charge in [-0.15, -0.1) is 0 Å². The molecule has 6 nitrogen and oxygen atoms in total. The van der Waals surface area contributed by atoms with Crippen molar-refractivity contribution in [1.29, 1.82) is 0 Å². The average molecular weight is 262 g/mol. The number of carbonyl (C=O) groups is 1. The van der Waals surface area contributed by atoms with Crippen LogP contribution >= 0.6 is 0 Å². The largest absolute Gasteiger partial charge is 0.341 e. The van der Waals surface area contributed by atoms with E-state index in [-0.39, 0.29) is 11.6 Å². The van der Waals surface area contributed by atoms with E-state index in [2.05, 4.69) is 9.97 Å². The summed E-state index contributed by atoms with van der Waals surface area (Å²) in [7, 11) is 1.77. The summed E-state index contributed by atoms with van der Waals surface area (Å²) in [6, 6.07) is 5.61. The topological polar surface area (TPSA) is 95.0 Å². The smallest absolute Gasteiger partial charge is 0.323 e. The number of fused-ring (bicyclic) bond motifs is 1. The van der Waals surface area contributed by atoms with Crippen LogP contribution in [0, 0.1) is 0 Å². The van der Waals surface area contributed by atoms with Gasteiger partial charge in [0.1, 0.15) is 0 Å². The molecular weight excluding hydrogens is 244 g/mol. The third kappa shape index (κ3) is 3.23. The van der Waals surface area contributed by atoms with Crippen molar-refractivity contribution in [2.24, 2.45) is 5.73 Å². The number of imidazole rings is 1. The molecule has 0 aliphatic heterocycles. The Bertz CT molecular complexity index is 629. The third-order valence-corrected chi connectivity index (χ3v) is 3.02. The summed E-state index contributed by atoms with van der Waals surface area (Å²) in [4.78, 5) is 30.0. The fraction of sp³-hybridized carbons (Fsp3) is 0.385. The van der Waals surface area contributed by atoms with Crippen molar-refractivity contribution in [3.05, 3.63) is 34.2 Å². The molecule has 0 unspecified atom stereocenters. The zero-order valence-electron chi connectivity index (χ0n) is 10.9. The summed E-state index contributed by atoms with van der Waals surface area (Å²) in [6.45, 7) is 1.04. The number of amides is 1. The van der Waals surface area contributed by atoms with E-state index >= 15 is 0 Å². The first kappa shape index (κ1) is 13.4. The van der Waals surface area contributed by atoms with Crippen LogP contribution in [0.3, 0.4) is 0 Å². The summed E-state index contributed by atoms with van der Waals surface area (Å²) in [5.41, 5.74) is 7.67. The summed E-state index contributed by atoms with van der Waals surface area (Å²) in [6.07, 6.45) is 1.17. The summed E-state index contributed by atoms with van der Waals surface area (Å²) in [5.74, 6) is 0.0770. The lowest BCUT2D eigenvalue weighted by Crippen LogP contribution is -2.26. The molecule has 0 fully saturated rings. The number of hydrogen-bond acceptors (Lipinski definition) is 3. The number of nitrogens with two attached hydrogens (primary N) is 1. The number of carbonyl (C=O) groups excluding carboxylic acids is 1. The van der Waals surface area contributed by atoms with Gasteiger partial charge in [-0.3, -0.25) is 4.79 Å². The number of nitrogens with zero attached hydrogens (tertiary/aromatic N) is 1. The predicted molar refractivity (Wildman–Crippen MR) is 73.7 cm³/mol. The molecule has 1 heterocycles. The monoisotopic (exact) mass is 262 g/mol. The van der Waals surface area contributed by atoms with E-state index in [1.807, 2.05) is 18.2 Å². The van der Waals surface area contributed by atoms with Crippen molar-refractivity contribution in [3.63, 3.8) is 0 Å². The molecule has 2 aromatic rings. The maximum atomic E-state index is 11.8. The molecular formula is C13H18N4O2.